The number of benzene rings is 1. The van der Waals surface area contributed by atoms with Crippen molar-refractivity contribution in [1.29, 1.82) is 0 Å². The standard InChI is InChI=1S/C18H24O3/c1-20-18-10-9-16(12-17(18)8-4-5-11-19)14-21-13-15-6-2-3-7-15/h9-10,12,15,19H,2-3,5-7,11,13-14H2,1H3. The molecule has 3 heteroatoms. The molecular formula is C18H24O3. The van der Waals surface area contributed by atoms with Gasteiger partial charge in [0, 0.05) is 13.0 Å². The fraction of sp³-hybridized carbons (Fsp3) is 0.556. The maximum absolute atomic E-state index is 8.79. The third kappa shape index (κ3) is 5.08. The largest absolute Gasteiger partial charge is 0.495 e. The Balaban J connectivity index is 1.93. The molecule has 0 amide bonds. The average molecular weight is 288 g/mol. The van der Waals surface area contributed by atoms with Gasteiger partial charge in [0.15, 0.2) is 0 Å². The third-order valence-electron chi connectivity index (χ3n) is 3.82. The molecule has 0 bridgehead atoms. The van der Waals surface area contributed by atoms with Gasteiger partial charge in [-0.25, -0.2) is 0 Å². The molecule has 0 unspecified atom stereocenters. The number of hydrogen-bond donors (Lipinski definition) is 1. The molecule has 0 heterocycles. The molecule has 0 saturated heterocycles. The highest BCUT2D eigenvalue weighted by molar-refractivity contribution is 5.48. The van der Waals surface area contributed by atoms with Gasteiger partial charge >= 0.3 is 0 Å². The Kier molecular flexibility index (Phi) is 6.59. The van der Waals surface area contributed by atoms with Gasteiger partial charge in [-0.05, 0) is 36.5 Å². The zero-order chi connectivity index (χ0) is 14.9. The summed E-state index contributed by atoms with van der Waals surface area (Å²) in [5, 5.41) is 8.79. The first-order valence-electron chi connectivity index (χ1n) is 7.68. The molecule has 114 valence electrons. The van der Waals surface area contributed by atoms with E-state index in [-0.39, 0.29) is 6.61 Å². The normalized spacial score (nSPS) is 14.8. The first-order chi connectivity index (χ1) is 10.3. The summed E-state index contributed by atoms with van der Waals surface area (Å²) in [7, 11) is 1.64. The molecule has 0 spiro atoms. The Hall–Kier alpha value is -1.50. The van der Waals surface area contributed by atoms with Crippen LogP contribution in [-0.4, -0.2) is 25.4 Å². The van der Waals surface area contributed by atoms with Crippen LogP contribution in [0, 0.1) is 17.8 Å². The highest BCUT2D eigenvalue weighted by Crippen LogP contribution is 2.25. The van der Waals surface area contributed by atoms with E-state index in [4.69, 9.17) is 14.6 Å². The highest BCUT2D eigenvalue weighted by Gasteiger charge is 2.14. The van der Waals surface area contributed by atoms with Crippen LogP contribution < -0.4 is 4.74 Å². The van der Waals surface area contributed by atoms with Gasteiger partial charge in [0.1, 0.15) is 5.75 Å². The maximum Gasteiger partial charge on any atom is 0.134 e. The minimum Gasteiger partial charge on any atom is -0.495 e. The van der Waals surface area contributed by atoms with Gasteiger partial charge in [-0.3, -0.25) is 0 Å². The number of hydrogen-bond acceptors (Lipinski definition) is 3. The van der Waals surface area contributed by atoms with E-state index in [1.54, 1.807) is 7.11 Å². The van der Waals surface area contributed by atoms with Crippen molar-refractivity contribution < 1.29 is 14.6 Å². The second kappa shape index (κ2) is 8.71. The lowest BCUT2D eigenvalue weighted by molar-refractivity contribution is 0.0888. The van der Waals surface area contributed by atoms with Gasteiger partial charge in [0.05, 0.1) is 25.9 Å². The van der Waals surface area contributed by atoms with E-state index >= 15 is 0 Å². The van der Waals surface area contributed by atoms with Gasteiger partial charge < -0.3 is 14.6 Å². The average Bonchev–Trinajstić information content (AvgIpc) is 3.01. The maximum atomic E-state index is 8.79. The minimum atomic E-state index is 0.0828. The summed E-state index contributed by atoms with van der Waals surface area (Å²) in [5.74, 6) is 7.49. The molecule has 1 aromatic rings. The lowest BCUT2D eigenvalue weighted by atomic mass is 10.1. The van der Waals surface area contributed by atoms with Crippen LogP contribution in [-0.2, 0) is 11.3 Å². The van der Waals surface area contributed by atoms with E-state index in [0.29, 0.717) is 13.0 Å². The second-order valence-corrected chi connectivity index (χ2v) is 5.48. The Morgan fingerprint density at radius 1 is 1.29 bits per heavy atom. The number of methoxy groups -OCH3 is 1. The quantitative estimate of drug-likeness (QED) is 0.817. The van der Waals surface area contributed by atoms with Gasteiger partial charge in [0.2, 0.25) is 0 Å². The van der Waals surface area contributed by atoms with Crippen LogP contribution in [0.4, 0.5) is 0 Å². The first-order valence-corrected chi connectivity index (χ1v) is 7.68. The summed E-state index contributed by atoms with van der Waals surface area (Å²) in [4.78, 5) is 0. The molecule has 1 N–H and O–H groups in total. The van der Waals surface area contributed by atoms with E-state index in [0.717, 1.165) is 29.4 Å². The first kappa shape index (κ1) is 15.9. The van der Waals surface area contributed by atoms with Crippen molar-refractivity contribution in [2.45, 2.75) is 38.7 Å². The summed E-state index contributed by atoms with van der Waals surface area (Å²) < 4.78 is 11.1. The summed E-state index contributed by atoms with van der Waals surface area (Å²) in [6.45, 7) is 1.56. The topological polar surface area (TPSA) is 38.7 Å². The van der Waals surface area contributed by atoms with Gasteiger partial charge in [-0.1, -0.05) is 30.7 Å². The van der Waals surface area contributed by atoms with E-state index in [1.165, 1.54) is 25.7 Å². The Morgan fingerprint density at radius 2 is 2.10 bits per heavy atom. The summed E-state index contributed by atoms with van der Waals surface area (Å²) in [5.41, 5.74) is 1.97. The molecule has 0 atom stereocenters. The monoisotopic (exact) mass is 288 g/mol. The van der Waals surface area contributed by atoms with Crippen LogP contribution >= 0.6 is 0 Å². The smallest absolute Gasteiger partial charge is 0.134 e. The van der Waals surface area contributed by atoms with Gasteiger partial charge in [-0.2, -0.15) is 0 Å². The van der Waals surface area contributed by atoms with E-state index in [9.17, 15) is 0 Å². The number of ether oxygens (including phenoxy) is 2. The molecule has 1 saturated carbocycles. The minimum absolute atomic E-state index is 0.0828. The van der Waals surface area contributed by atoms with Crippen LogP contribution in [0.25, 0.3) is 0 Å². The van der Waals surface area contributed by atoms with E-state index < -0.39 is 0 Å². The number of rotatable bonds is 6. The molecule has 0 aliphatic heterocycles. The lowest BCUT2D eigenvalue weighted by Crippen LogP contribution is -2.05. The van der Waals surface area contributed by atoms with Crippen LogP contribution in [0.5, 0.6) is 5.75 Å². The van der Waals surface area contributed by atoms with Crippen molar-refractivity contribution >= 4 is 0 Å². The van der Waals surface area contributed by atoms with Crippen LogP contribution in [0.2, 0.25) is 0 Å². The van der Waals surface area contributed by atoms with Crippen molar-refractivity contribution in [3.63, 3.8) is 0 Å². The van der Waals surface area contributed by atoms with Crippen molar-refractivity contribution in [3.05, 3.63) is 29.3 Å². The third-order valence-corrected chi connectivity index (χ3v) is 3.82. The molecule has 2 rings (SSSR count). The number of aliphatic hydroxyl groups excluding tert-OH is 1. The summed E-state index contributed by atoms with van der Waals surface area (Å²) in [6.07, 6.45) is 5.79. The zero-order valence-electron chi connectivity index (χ0n) is 12.7. The second-order valence-electron chi connectivity index (χ2n) is 5.48. The fourth-order valence-electron chi connectivity index (χ4n) is 2.68. The Labute approximate surface area is 127 Å². The summed E-state index contributed by atoms with van der Waals surface area (Å²) >= 11 is 0. The Morgan fingerprint density at radius 3 is 2.81 bits per heavy atom. The Bertz CT molecular complexity index is 493. The van der Waals surface area contributed by atoms with Crippen molar-refractivity contribution in [3.8, 4) is 17.6 Å². The highest BCUT2D eigenvalue weighted by atomic mass is 16.5. The van der Waals surface area contributed by atoms with E-state index in [1.807, 2.05) is 18.2 Å². The number of aliphatic hydroxyl groups is 1. The van der Waals surface area contributed by atoms with Crippen molar-refractivity contribution in [2.75, 3.05) is 20.3 Å². The van der Waals surface area contributed by atoms with Crippen LogP contribution in [0.1, 0.15) is 43.2 Å². The predicted octanol–water partition coefficient (Wildman–Crippen LogP) is 3.14. The molecule has 0 aromatic heterocycles. The predicted molar refractivity (Wildman–Crippen MR) is 83.2 cm³/mol. The molecule has 1 aromatic carbocycles. The fourth-order valence-corrected chi connectivity index (χ4v) is 2.68. The molecule has 21 heavy (non-hydrogen) atoms. The molecule has 0 radical (unpaired) electrons. The van der Waals surface area contributed by atoms with Gasteiger partial charge in [0.25, 0.3) is 0 Å². The van der Waals surface area contributed by atoms with Gasteiger partial charge in [-0.15, -0.1) is 0 Å². The van der Waals surface area contributed by atoms with E-state index in [2.05, 4.69) is 11.8 Å². The zero-order valence-corrected chi connectivity index (χ0v) is 12.7. The SMILES string of the molecule is COc1ccc(COCC2CCCC2)cc1C#CCCO. The molecule has 1 aliphatic carbocycles. The molecule has 1 fully saturated rings. The molecule has 1 aliphatic rings. The summed E-state index contributed by atoms with van der Waals surface area (Å²) in [6, 6.07) is 5.96. The van der Waals surface area contributed by atoms with Crippen LogP contribution in [0.3, 0.4) is 0 Å². The lowest BCUT2D eigenvalue weighted by Gasteiger charge is -2.11. The van der Waals surface area contributed by atoms with Crippen molar-refractivity contribution in [1.82, 2.24) is 0 Å². The van der Waals surface area contributed by atoms with Crippen LogP contribution in [0.15, 0.2) is 18.2 Å². The molecular weight excluding hydrogens is 264 g/mol. The van der Waals surface area contributed by atoms with Crippen molar-refractivity contribution in [2.24, 2.45) is 5.92 Å². The molecule has 3 nitrogen and oxygen atoms in total.